The number of aryl methyl sites for hydroxylation is 2. The third kappa shape index (κ3) is 3.40. The molecule has 0 atom stereocenters. The number of hydrogen-bond donors (Lipinski definition) is 0. The summed E-state index contributed by atoms with van der Waals surface area (Å²) in [5, 5.41) is 7.19. The van der Waals surface area contributed by atoms with Crippen molar-refractivity contribution in [1.82, 2.24) is 19.7 Å². The molecule has 1 aliphatic rings. The quantitative estimate of drug-likeness (QED) is 0.676. The van der Waals surface area contributed by atoms with Gasteiger partial charge in [0, 0.05) is 30.9 Å². The van der Waals surface area contributed by atoms with Gasteiger partial charge in [-0.25, -0.2) is 4.98 Å². The number of hydrogen-bond acceptors (Lipinski definition) is 6. The first-order valence-corrected chi connectivity index (χ1v) is 9.47. The van der Waals surface area contributed by atoms with Crippen molar-refractivity contribution in [2.75, 3.05) is 6.79 Å². The van der Waals surface area contributed by atoms with Crippen LogP contribution in [0.2, 0.25) is 0 Å². The highest BCUT2D eigenvalue weighted by atomic mass is 32.1. The van der Waals surface area contributed by atoms with Crippen molar-refractivity contribution in [2.45, 2.75) is 26.9 Å². The second kappa shape index (κ2) is 7.03. The third-order valence-corrected chi connectivity index (χ3v) is 5.39. The first-order chi connectivity index (χ1) is 13.0. The van der Waals surface area contributed by atoms with Crippen LogP contribution < -0.4 is 9.47 Å². The fraction of sp³-hybridized carbons (Fsp3) is 0.316. The Bertz CT molecular complexity index is 981. The van der Waals surface area contributed by atoms with Gasteiger partial charge in [0.2, 0.25) is 6.79 Å². The molecule has 1 aliphatic heterocycles. The highest BCUT2D eigenvalue weighted by Gasteiger charge is 2.25. The number of carbonyl (C=O) groups is 1. The lowest BCUT2D eigenvalue weighted by Gasteiger charge is -2.22. The fourth-order valence-electron chi connectivity index (χ4n) is 3.19. The molecule has 0 bridgehead atoms. The highest BCUT2D eigenvalue weighted by Crippen LogP contribution is 2.33. The lowest BCUT2D eigenvalue weighted by molar-refractivity contribution is 0.0728. The molecule has 4 rings (SSSR count). The van der Waals surface area contributed by atoms with Crippen molar-refractivity contribution < 1.29 is 14.3 Å². The Morgan fingerprint density at radius 2 is 2.07 bits per heavy atom. The average Bonchev–Trinajstić information content (AvgIpc) is 3.36. The molecule has 8 heteroatoms. The van der Waals surface area contributed by atoms with Crippen LogP contribution in [0.15, 0.2) is 29.8 Å². The van der Waals surface area contributed by atoms with E-state index < -0.39 is 0 Å². The van der Waals surface area contributed by atoms with Crippen LogP contribution in [-0.2, 0) is 20.1 Å². The van der Waals surface area contributed by atoms with Crippen molar-refractivity contribution in [3.63, 3.8) is 0 Å². The lowest BCUT2D eigenvalue weighted by atomic mass is 10.1. The Hall–Kier alpha value is -2.87. The Labute approximate surface area is 161 Å². The molecule has 0 N–H and O–H groups in total. The van der Waals surface area contributed by atoms with Gasteiger partial charge in [0.1, 0.15) is 5.01 Å². The number of thiazole rings is 1. The van der Waals surface area contributed by atoms with E-state index >= 15 is 0 Å². The number of fused-ring (bicyclic) bond motifs is 1. The summed E-state index contributed by atoms with van der Waals surface area (Å²) in [6.07, 6.45) is 1.75. The summed E-state index contributed by atoms with van der Waals surface area (Å²) >= 11 is 1.54. The van der Waals surface area contributed by atoms with Crippen molar-refractivity contribution in [3.05, 3.63) is 57.3 Å². The van der Waals surface area contributed by atoms with Gasteiger partial charge < -0.3 is 14.4 Å². The van der Waals surface area contributed by atoms with Gasteiger partial charge in [-0.2, -0.15) is 5.10 Å². The Kier molecular flexibility index (Phi) is 4.57. The van der Waals surface area contributed by atoms with Gasteiger partial charge in [0.05, 0.1) is 17.8 Å². The maximum Gasteiger partial charge on any atom is 0.258 e. The van der Waals surface area contributed by atoms with E-state index in [1.807, 2.05) is 44.5 Å². The summed E-state index contributed by atoms with van der Waals surface area (Å²) in [5.74, 6) is 1.39. The Balaban J connectivity index is 1.65. The molecule has 7 nitrogen and oxygen atoms in total. The SMILES string of the molecule is Cc1nn(C)c(C)c1C(=O)N(Cc1ccc2c(c1)OCO2)Cc1nccs1. The molecular weight excluding hydrogens is 364 g/mol. The molecule has 0 unspecified atom stereocenters. The van der Waals surface area contributed by atoms with Crippen LogP contribution in [0.3, 0.4) is 0 Å². The lowest BCUT2D eigenvalue weighted by Crippen LogP contribution is -2.31. The van der Waals surface area contributed by atoms with E-state index in [-0.39, 0.29) is 12.7 Å². The maximum atomic E-state index is 13.4. The van der Waals surface area contributed by atoms with E-state index in [1.54, 1.807) is 15.8 Å². The number of carbonyl (C=O) groups excluding carboxylic acids is 1. The number of nitrogens with zero attached hydrogens (tertiary/aromatic N) is 4. The van der Waals surface area contributed by atoms with Crippen molar-refractivity contribution in [3.8, 4) is 11.5 Å². The maximum absolute atomic E-state index is 13.4. The predicted octanol–water partition coefficient (Wildman–Crippen LogP) is 3.06. The van der Waals surface area contributed by atoms with Gasteiger partial charge >= 0.3 is 0 Å². The molecule has 140 valence electrons. The average molecular weight is 384 g/mol. The smallest absolute Gasteiger partial charge is 0.258 e. The topological polar surface area (TPSA) is 69.5 Å². The van der Waals surface area contributed by atoms with E-state index in [1.165, 1.54) is 11.3 Å². The zero-order valence-corrected chi connectivity index (χ0v) is 16.2. The number of ether oxygens (including phenoxy) is 2. The summed E-state index contributed by atoms with van der Waals surface area (Å²) in [6, 6.07) is 5.76. The van der Waals surface area contributed by atoms with Gasteiger partial charge in [-0.15, -0.1) is 11.3 Å². The van der Waals surface area contributed by atoms with E-state index in [9.17, 15) is 4.79 Å². The molecule has 27 heavy (non-hydrogen) atoms. The summed E-state index contributed by atoms with van der Waals surface area (Å²) in [7, 11) is 1.85. The highest BCUT2D eigenvalue weighted by molar-refractivity contribution is 7.09. The molecular formula is C19H20N4O3S. The standard InChI is InChI=1S/C19H20N4O3S/c1-12-18(13(2)22(3)21-12)19(24)23(10-17-20-6-7-27-17)9-14-4-5-15-16(8-14)26-11-25-15/h4-8H,9-11H2,1-3H3. The number of rotatable bonds is 5. The predicted molar refractivity (Wildman–Crippen MR) is 101 cm³/mol. The van der Waals surface area contributed by atoms with Gasteiger partial charge in [-0.05, 0) is 31.5 Å². The number of aromatic nitrogens is 3. The minimum Gasteiger partial charge on any atom is -0.454 e. The summed E-state index contributed by atoms with van der Waals surface area (Å²) < 4.78 is 12.6. The fourth-order valence-corrected chi connectivity index (χ4v) is 3.83. The molecule has 0 fully saturated rings. The first kappa shape index (κ1) is 17.5. The van der Waals surface area contributed by atoms with Crippen molar-refractivity contribution in [2.24, 2.45) is 7.05 Å². The molecule has 3 heterocycles. The van der Waals surface area contributed by atoms with Crippen LogP contribution in [0, 0.1) is 13.8 Å². The van der Waals surface area contributed by atoms with E-state index in [0.717, 1.165) is 27.7 Å². The Morgan fingerprint density at radius 1 is 1.26 bits per heavy atom. The minimum atomic E-state index is -0.0500. The molecule has 2 aromatic heterocycles. The molecule has 3 aromatic rings. The zero-order chi connectivity index (χ0) is 19.0. The zero-order valence-electron chi connectivity index (χ0n) is 15.4. The first-order valence-electron chi connectivity index (χ1n) is 8.59. The molecule has 1 amide bonds. The van der Waals surface area contributed by atoms with Crippen LogP contribution in [0.5, 0.6) is 11.5 Å². The van der Waals surface area contributed by atoms with E-state index in [0.29, 0.717) is 24.4 Å². The minimum absolute atomic E-state index is 0.0500. The molecule has 0 radical (unpaired) electrons. The molecule has 0 saturated carbocycles. The number of benzene rings is 1. The van der Waals surface area contributed by atoms with Gasteiger partial charge in [0.25, 0.3) is 5.91 Å². The van der Waals surface area contributed by atoms with E-state index in [4.69, 9.17) is 9.47 Å². The molecule has 0 aliphatic carbocycles. The van der Waals surface area contributed by atoms with Crippen LogP contribution in [0.4, 0.5) is 0 Å². The molecule has 0 spiro atoms. The van der Waals surface area contributed by atoms with Crippen molar-refractivity contribution in [1.29, 1.82) is 0 Å². The van der Waals surface area contributed by atoms with Gasteiger partial charge in [-0.3, -0.25) is 9.48 Å². The van der Waals surface area contributed by atoms with Gasteiger partial charge in [-0.1, -0.05) is 6.07 Å². The van der Waals surface area contributed by atoms with Crippen LogP contribution >= 0.6 is 11.3 Å². The van der Waals surface area contributed by atoms with Crippen LogP contribution in [-0.4, -0.2) is 32.4 Å². The molecule has 1 aromatic carbocycles. The largest absolute Gasteiger partial charge is 0.454 e. The van der Waals surface area contributed by atoms with Crippen LogP contribution in [0.1, 0.15) is 32.3 Å². The Morgan fingerprint density at radius 3 is 2.78 bits per heavy atom. The van der Waals surface area contributed by atoms with Crippen LogP contribution in [0.25, 0.3) is 0 Å². The number of amides is 1. The second-order valence-electron chi connectivity index (χ2n) is 6.44. The summed E-state index contributed by atoms with van der Waals surface area (Å²) in [4.78, 5) is 19.5. The van der Waals surface area contributed by atoms with Gasteiger partial charge in [0.15, 0.2) is 11.5 Å². The summed E-state index contributed by atoms with van der Waals surface area (Å²) in [6.45, 7) is 4.90. The third-order valence-electron chi connectivity index (χ3n) is 4.63. The monoisotopic (exact) mass is 384 g/mol. The second-order valence-corrected chi connectivity index (χ2v) is 7.42. The normalized spacial score (nSPS) is 12.4. The van der Waals surface area contributed by atoms with E-state index in [2.05, 4.69) is 10.1 Å². The van der Waals surface area contributed by atoms with Crippen molar-refractivity contribution >= 4 is 17.2 Å². The molecule has 0 saturated heterocycles. The summed E-state index contributed by atoms with van der Waals surface area (Å²) in [5.41, 5.74) is 3.21.